The quantitative estimate of drug-likeness (QED) is 0.856. The van der Waals surface area contributed by atoms with Crippen LogP contribution >= 0.6 is 0 Å². The lowest BCUT2D eigenvalue weighted by Crippen LogP contribution is -2.32. The van der Waals surface area contributed by atoms with E-state index in [9.17, 15) is 4.79 Å². The number of nitrogens with one attached hydrogen (secondary N) is 1. The second kappa shape index (κ2) is 6.76. The van der Waals surface area contributed by atoms with Gasteiger partial charge in [-0.15, -0.1) is 0 Å². The van der Waals surface area contributed by atoms with Crippen molar-refractivity contribution < 1.29 is 4.79 Å². The van der Waals surface area contributed by atoms with Crippen LogP contribution in [0.1, 0.15) is 25.3 Å². The maximum atomic E-state index is 11.8. The number of carbonyl (C=O) groups is 1. The first kappa shape index (κ1) is 14.9. The predicted molar refractivity (Wildman–Crippen MR) is 84.4 cm³/mol. The predicted octanol–water partition coefficient (Wildman–Crippen LogP) is 3.00. The maximum Gasteiger partial charge on any atom is 0.245 e. The smallest absolute Gasteiger partial charge is 0.245 e. The number of hydrogen-bond donors (Lipinski definition) is 1. The molecule has 0 bridgehead atoms. The number of para-hydroxylation sites is 1. The lowest BCUT2D eigenvalue weighted by atomic mass is 10.1. The second-order valence-electron chi connectivity index (χ2n) is 5.02. The topological polar surface area (TPSA) is 57.8 Å². The summed E-state index contributed by atoms with van der Waals surface area (Å²) in [5.41, 5.74) is 2.12. The molecular weight excluding hydrogens is 262 g/mol. The number of aromatic nitrogens is 1. The van der Waals surface area contributed by atoms with Crippen LogP contribution in [0.25, 0.3) is 17.0 Å². The molecule has 1 atom stereocenters. The van der Waals surface area contributed by atoms with E-state index in [0.29, 0.717) is 6.42 Å². The first-order chi connectivity index (χ1) is 10.2. The standard InChI is InChI=1S/C17H19N3O/c1-3-6-14(11-18)19-17(21)10-9-13-12-20(2)16-8-5-4-7-15(13)16/h4-5,7-10,12,14H,3,6H2,1-2H3,(H,19,21). The van der Waals surface area contributed by atoms with Crippen LogP contribution in [-0.2, 0) is 11.8 Å². The van der Waals surface area contributed by atoms with Gasteiger partial charge in [0.25, 0.3) is 0 Å². The fraction of sp³-hybridized carbons (Fsp3) is 0.294. The number of benzene rings is 1. The zero-order valence-electron chi connectivity index (χ0n) is 12.3. The highest BCUT2D eigenvalue weighted by Crippen LogP contribution is 2.21. The molecule has 1 amide bonds. The van der Waals surface area contributed by atoms with E-state index in [1.54, 1.807) is 6.08 Å². The molecule has 0 saturated heterocycles. The molecule has 1 N–H and O–H groups in total. The highest BCUT2D eigenvalue weighted by Gasteiger charge is 2.08. The third kappa shape index (κ3) is 3.51. The fourth-order valence-corrected chi connectivity index (χ4v) is 2.35. The summed E-state index contributed by atoms with van der Waals surface area (Å²) < 4.78 is 2.03. The first-order valence-electron chi connectivity index (χ1n) is 7.08. The molecule has 4 heteroatoms. The van der Waals surface area contributed by atoms with Crippen LogP contribution in [0.15, 0.2) is 36.5 Å². The first-order valence-corrected chi connectivity index (χ1v) is 7.08. The number of fused-ring (bicyclic) bond motifs is 1. The minimum Gasteiger partial charge on any atom is -0.350 e. The van der Waals surface area contributed by atoms with Crippen molar-refractivity contribution in [2.24, 2.45) is 7.05 Å². The number of nitrogens with zero attached hydrogens (tertiary/aromatic N) is 2. The monoisotopic (exact) mass is 281 g/mol. The molecule has 0 aliphatic heterocycles. The van der Waals surface area contributed by atoms with Gasteiger partial charge in [-0.25, -0.2) is 0 Å². The molecule has 2 aromatic rings. The van der Waals surface area contributed by atoms with Crippen LogP contribution in [0.2, 0.25) is 0 Å². The molecule has 1 aromatic heterocycles. The van der Waals surface area contributed by atoms with Gasteiger partial charge in [0.2, 0.25) is 5.91 Å². The zero-order chi connectivity index (χ0) is 15.2. The normalized spacial score (nSPS) is 12.4. The lowest BCUT2D eigenvalue weighted by molar-refractivity contribution is -0.116. The molecule has 0 aliphatic carbocycles. The number of hydrogen-bond acceptors (Lipinski definition) is 2. The molecule has 108 valence electrons. The van der Waals surface area contributed by atoms with E-state index in [4.69, 9.17) is 5.26 Å². The summed E-state index contributed by atoms with van der Waals surface area (Å²) in [5, 5.41) is 12.7. The van der Waals surface area contributed by atoms with Gasteiger partial charge in [-0.3, -0.25) is 4.79 Å². The van der Waals surface area contributed by atoms with Crippen molar-refractivity contribution in [1.29, 1.82) is 5.26 Å². The minimum atomic E-state index is -0.417. The molecule has 2 rings (SSSR count). The molecule has 1 heterocycles. The number of rotatable bonds is 5. The second-order valence-corrected chi connectivity index (χ2v) is 5.02. The fourth-order valence-electron chi connectivity index (χ4n) is 2.35. The molecule has 1 aromatic carbocycles. The van der Waals surface area contributed by atoms with Gasteiger partial charge in [0.1, 0.15) is 6.04 Å². The number of aryl methyl sites for hydroxylation is 1. The molecule has 0 radical (unpaired) electrons. The summed E-state index contributed by atoms with van der Waals surface area (Å²) in [4.78, 5) is 11.8. The third-order valence-corrected chi connectivity index (χ3v) is 3.39. The summed E-state index contributed by atoms with van der Waals surface area (Å²) in [5.74, 6) is -0.233. The van der Waals surface area contributed by atoms with Gasteiger partial charge in [0.15, 0.2) is 0 Å². The Morgan fingerprint density at radius 1 is 1.48 bits per heavy atom. The van der Waals surface area contributed by atoms with Crippen LogP contribution in [0.4, 0.5) is 0 Å². The molecule has 0 saturated carbocycles. The van der Waals surface area contributed by atoms with E-state index in [2.05, 4.69) is 11.4 Å². The number of nitriles is 1. The Balaban J connectivity index is 2.13. The maximum absolute atomic E-state index is 11.8. The van der Waals surface area contributed by atoms with Crippen molar-refractivity contribution >= 4 is 22.9 Å². The Bertz CT molecular complexity index is 706. The van der Waals surface area contributed by atoms with Crippen LogP contribution < -0.4 is 5.32 Å². The van der Waals surface area contributed by atoms with Crippen molar-refractivity contribution in [2.45, 2.75) is 25.8 Å². The van der Waals surface area contributed by atoms with E-state index in [1.165, 1.54) is 6.08 Å². The SMILES string of the molecule is CCCC(C#N)NC(=O)C=Cc1cn(C)c2ccccc12. The Morgan fingerprint density at radius 3 is 2.95 bits per heavy atom. The average Bonchev–Trinajstić information content (AvgIpc) is 2.82. The summed E-state index contributed by atoms with van der Waals surface area (Å²) in [7, 11) is 1.98. The molecule has 0 aliphatic rings. The van der Waals surface area contributed by atoms with Crippen LogP contribution in [0, 0.1) is 11.3 Å². The zero-order valence-corrected chi connectivity index (χ0v) is 12.3. The van der Waals surface area contributed by atoms with E-state index >= 15 is 0 Å². The molecule has 21 heavy (non-hydrogen) atoms. The van der Waals surface area contributed by atoms with Crippen LogP contribution in [0.5, 0.6) is 0 Å². The van der Waals surface area contributed by atoms with E-state index in [0.717, 1.165) is 22.9 Å². The Kier molecular flexibility index (Phi) is 4.78. The van der Waals surface area contributed by atoms with Gasteiger partial charge in [0.05, 0.1) is 6.07 Å². The summed E-state index contributed by atoms with van der Waals surface area (Å²) in [6.07, 6.45) is 6.80. The van der Waals surface area contributed by atoms with Crippen molar-refractivity contribution in [1.82, 2.24) is 9.88 Å². The van der Waals surface area contributed by atoms with Crippen LogP contribution in [0.3, 0.4) is 0 Å². The highest BCUT2D eigenvalue weighted by atomic mass is 16.1. The Morgan fingerprint density at radius 2 is 2.24 bits per heavy atom. The van der Waals surface area contributed by atoms with Gasteiger partial charge in [-0.2, -0.15) is 5.26 Å². The van der Waals surface area contributed by atoms with Gasteiger partial charge in [0, 0.05) is 35.8 Å². The summed E-state index contributed by atoms with van der Waals surface area (Å²) in [6.45, 7) is 1.99. The summed E-state index contributed by atoms with van der Waals surface area (Å²) in [6, 6.07) is 9.72. The molecule has 0 spiro atoms. The minimum absolute atomic E-state index is 0.233. The van der Waals surface area contributed by atoms with E-state index < -0.39 is 6.04 Å². The third-order valence-electron chi connectivity index (χ3n) is 3.39. The van der Waals surface area contributed by atoms with Crippen molar-refractivity contribution in [3.8, 4) is 6.07 Å². The Hall–Kier alpha value is -2.54. The van der Waals surface area contributed by atoms with Gasteiger partial charge in [-0.1, -0.05) is 31.5 Å². The summed E-state index contributed by atoms with van der Waals surface area (Å²) >= 11 is 0. The highest BCUT2D eigenvalue weighted by molar-refractivity contribution is 5.96. The van der Waals surface area contributed by atoms with E-state index in [-0.39, 0.29) is 5.91 Å². The Labute approximate surface area is 124 Å². The van der Waals surface area contributed by atoms with Crippen molar-refractivity contribution in [2.75, 3.05) is 0 Å². The number of carbonyl (C=O) groups excluding carboxylic acids is 1. The van der Waals surface area contributed by atoms with E-state index in [1.807, 2.05) is 49.0 Å². The largest absolute Gasteiger partial charge is 0.350 e. The van der Waals surface area contributed by atoms with Gasteiger partial charge in [-0.05, 0) is 18.6 Å². The van der Waals surface area contributed by atoms with Crippen molar-refractivity contribution in [3.05, 3.63) is 42.1 Å². The van der Waals surface area contributed by atoms with Crippen LogP contribution in [-0.4, -0.2) is 16.5 Å². The number of amides is 1. The molecular formula is C17H19N3O. The van der Waals surface area contributed by atoms with Crippen molar-refractivity contribution in [3.63, 3.8) is 0 Å². The van der Waals surface area contributed by atoms with Gasteiger partial charge < -0.3 is 9.88 Å². The lowest BCUT2D eigenvalue weighted by Gasteiger charge is -2.07. The van der Waals surface area contributed by atoms with Gasteiger partial charge >= 0.3 is 0 Å². The molecule has 1 unspecified atom stereocenters. The molecule has 0 fully saturated rings. The average molecular weight is 281 g/mol. The molecule has 4 nitrogen and oxygen atoms in total.